The molecule has 1 aliphatic heterocycles. The molecular formula is C24H24ClF3N2O. The van der Waals surface area contributed by atoms with Crippen LogP contribution >= 0.6 is 11.6 Å². The van der Waals surface area contributed by atoms with Crippen LogP contribution in [-0.4, -0.2) is 11.6 Å². The molecule has 4 rings (SSSR count). The molecule has 0 radical (unpaired) electrons. The molecule has 2 aromatic rings. The predicted molar refractivity (Wildman–Crippen MR) is 115 cm³/mol. The Morgan fingerprint density at radius 3 is 2.55 bits per heavy atom. The molecule has 1 saturated carbocycles. The fourth-order valence-electron chi connectivity index (χ4n) is 3.54. The van der Waals surface area contributed by atoms with E-state index in [-0.39, 0.29) is 28.3 Å². The Kier molecular flexibility index (Phi) is 5.69. The summed E-state index contributed by atoms with van der Waals surface area (Å²) in [6, 6.07) is 9.58. The summed E-state index contributed by atoms with van der Waals surface area (Å²) in [6.07, 6.45) is 3.48. The lowest BCUT2D eigenvalue weighted by molar-refractivity contribution is -0.0397. The summed E-state index contributed by atoms with van der Waals surface area (Å²) in [6.45, 7) is 4.64. The van der Waals surface area contributed by atoms with Crippen molar-refractivity contribution in [1.29, 1.82) is 0 Å². The van der Waals surface area contributed by atoms with Crippen molar-refractivity contribution in [2.24, 2.45) is 0 Å². The fraction of sp³-hybridized carbons (Fsp3) is 0.333. The van der Waals surface area contributed by atoms with Gasteiger partial charge in [0.15, 0.2) is 11.6 Å². The zero-order valence-electron chi connectivity index (χ0n) is 17.6. The van der Waals surface area contributed by atoms with Gasteiger partial charge in [-0.1, -0.05) is 35.9 Å². The molecule has 2 aliphatic rings. The van der Waals surface area contributed by atoms with Crippen LogP contribution in [0.4, 0.5) is 13.2 Å². The van der Waals surface area contributed by atoms with Gasteiger partial charge in [-0.2, -0.15) is 8.78 Å². The van der Waals surface area contributed by atoms with Gasteiger partial charge in [0.05, 0.1) is 0 Å². The molecule has 1 fully saturated rings. The van der Waals surface area contributed by atoms with Gasteiger partial charge in [-0.05, 0) is 73.9 Å². The maximum Gasteiger partial charge on any atom is 0.292 e. The smallest absolute Gasteiger partial charge is 0.292 e. The summed E-state index contributed by atoms with van der Waals surface area (Å²) in [4.78, 5) is 0. The van der Waals surface area contributed by atoms with Gasteiger partial charge in [0.25, 0.3) is 5.92 Å². The van der Waals surface area contributed by atoms with Crippen molar-refractivity contribution in [3.8, 4) is 5.75 Å². The Bertz CT molecular complexity index is 1080. The van der Waals surface area contributed by atoms with Crippen molar-refractivity contribution < 1.29 is 17.9 Å². The molecule has 0 bridgehead atoms. The number of hydrogen-bond donors (Lipinski definition) is 1. The van der Waals surface area contributed by atoms with Gasteiger partial charge in [0, 0.05) is 11.6 Å². The molecular weight excluding hydrogens is 425 g/mol. The molecule has 3 nitrogen and oxygen atoms in total. The molecule has 0 amide bonds. The molecule has 164 valence electrons. The lowest BCUT2D eigenvalue weighted by atomic mass is 10.0. The highest BCUT2D eigenvalue weighted by molar-refractivity contribution is 6.29. The number of nitrogens with zero attached hydrogens (tertiary/aromatic N) is 1. The van der Waals surface area contributed by atoms with Gasteiger partial charge in [0.2, 0.25) is 5.88 Å². The van der Waals surface area contributed by atoms with Crippen LogP contribution in [0.2, 0.25) is 0 Å². The van der Waals surface area contributed by atoms with Crippen molar-refractivity contribution in [3.05, 3.63) is 87.2 Å². The second-order valence-corrected chi connectivity index (χ2v) is 8.58. The molecule has 0 aromatic heterocycles. The van der Waals surface area contributed by atoms with Crippen molar-refractivity contribution in [1.82, 2.24) is 10.4 Å². The predicted octanol–water partition coefficient (Wildman–Crippen LogP) is 6.62. The van der Waals surface area contributed by atoms with Crippen LogP contribution < -0.4 is 10.2 Å². The number of aryl methyl sites for hydroxylation is 2. The number of ether oxygens (including phenoxy) is 1. The summed E-state index contributed by atoms with van der Waals surface area (Å²) < 4.78 is 50.6. The van der Waals surface area contributed by atoms with E-state index in [0.29, 0.717) is 11.1 Å². The Hall–Kier alpha value is -2.60. The lowest BCUT2D eigenvalue weighted by Crippen LogP contribution is -2.45. The number of allylic oxidation sites excluding steroid dienone is 2. The standard InChI is InChI=1S/C24H24ClF3N2O/c1-14-7-10-18(11-15(14)2)24(27,28)13-30-23(25)16(3)12-21(29-30)31-20-6-4-5-19(22(20)26)17-8-9-17/h4-7,10-12,17,29H,8-9,13H2,1-3H3. The van der Waals surface area contributed by atoms with Gasteiger partial charge in [-0.15, -0.1) is 0 Å². The average molecular weight is 449 g/mol. The minimum Gasteiger partial charge on any atom is -0.437 e. The van der Waals surface area contributed by atoms with Crippen LogP contribution in [0, 0.1) is 19.7 Å². The molecule has 0 spiro atoms. The topological polar surface area (TPSA) is 24.5 Å². The van der Waals surface area contributed by atoms with Crippen LogP contribution in [0.5, 0.6) is 5.75 Å². The largest absolute Gasteiger partial charge is 0.437 e. The van der Waals surface area contributed by atoms with E-state index in [1.54, 1.807) is 38.1 Å². The number of halogens is 4. The summed E-state index contributed by atoms with van der Waals surface area (Å²) >= 11 is 6.29. The monoisotopic (exact) mass is 448 g/mol. The Morgan fingerprint density at radius 1 is 1.13 bits per heavy atom. The van der Waals surface area contributed by atoms with Gasteiger partial charge in [-0.25, -0.2) is 4.39 Å². The number of hydrazine groups is 1. The SMILES string of the molecule is CC1=C(Cl)N(CC(F)(F)c2ccc(C)c(C)c2)NC(Oc2cccc(C3CC3)c2F)=C1. The number of nitrogens with one attached hydrogen (secondary N) is 1. The molecule has 0 saturated heterocycles. The van der Waals surface area contributed by atoms with Crippen LogP contribution in [0.25, 0.3) is 0 Å². The zero-order chi connectivity index (χ0) is 22.3. The summed E-state index contributed by atoms with van der Waals surface area (Å²) in [7, 11) is 0. The van der Waals surface area contributed by atoms with Crippen LogP contribution in [0.15, 0.2) is 59.1 Å². The van der Waals surface area contributed by atoms with Crippen molar-refractivity contribution in [2.45, 2.75) is 45.5 Å². The maximum atomic E-state index is 15.0. The average Bonchev–Trinajstić information content (AvgIpc) is 3.54. The molecule has 1 heterocycles. The molecule has 1 aliphatic carbocycles. The molecule has 7 heteroatoms. The zero-order valence-corrected chi connectivity index (χ0v) is 18.4. The molecule has 1 N–H and O–H groups in total. The van der Waals surface area contributed by atoms with E-state index in [2.05, 4.69) is 5.43 Å². The van der Waals surface area contributed by atoms with E-state index in [1.165, 1.54) is 18.2 Å². The normalized spacial score (nSPS) is 16.9. The van der Waals surface area contributed by atoms with E-state index in [1.807, 2.05) is 6.92 Å². The fourth-order valence-corrected chi connectivity index (χ4v) is 3.69. The van der Waals surface area contributed by atoms with E-state index < -0.39 is 18.3 Å². The summed E-state index contributed by atoms with van der Waals surface area (Å²) in [5.41, 5.74) is 5.55. The first-order valence-electron chi connectivity index (χ1n) is 10.2. The first-order valence-corrected chi connectivity index (χ1v) is 10.6. The van der Waals surface area contributed by atoms with Crippen LogP contribution in [-0.2, 0) is 5.92 Å². The third-order valence-corrected chi connectivity index (χ3v) is 6.17. The minimum atomic E-state index is -3.18. The molecule has 31 heavy (non-hydrogen) atoms. The highest BCUT2D eigenvalue weighted by atomic mass is 35.5. The van der Waals surface area contributed by atoms with E-state index >= 15 is 8.78 Å². The molecule has 2 aromatic carbocycles. The first-order chi connectivity index (χ1) is 14.7. The number of benzene rings is 2. The highest BCUT2D eigenvalue weighted by Crippen LogP contribution is 2.43. The van der Waals surface area contributed by atoms with Gasteiger partial charge in [0.1, 0.15) is 11.7 Å². The Balaban J connectivity index is 1.54. The second-order valence-electron chi connectivity index (χ2n) is 8.22. The second kappa shape index (κ2) is 8.15. The third-order valence-electron chi connectivity index (χ3n) is 5.67. The highest BCUT2D eigenvalue weighted by Gasteiger charge is 2.37. The maximum absolute atomic E-state index is 15.0. The number of alkyl halides is 2. The molecule has 0 atom stereocenters. The van der Waals surface area contributed by atoms with Crippen molar-refractivity contribution in [2.75, 3.05) is 6.54 Å². The summed E-state index contributed by atoms with van der Waals surface area (Å²) in [5.74, 6) is -3.19. The van der Waals surface area contributed by atoms with Crippen molar-refractivity contribution >= 4 is 11.6 Å². The molecule has 0 unspecified atom stereocenters. The Morgan fingerprint density at radius 2 is 1.87 bits per heavy atom. The van der Waals surface area contributed by atoms with Crippen LogP contribution in [0.3, 0.4) is 0 Å². The van der Waals surface area contributed by atoms with E-state index in [9.17, 15) is 4.39 Å². The minimum absolute atomic E-state index is 0.0508. The van der Waals surface area contributed by atoms with E-state index in [4.69, 9.17) is 16.3 Å². The third kappa shape index (κ3) is 4.54. The van der Waals surface area contributed by atoms with Crippen LogP contribution in [0.1, 0.15) is 47.9 Å². The van der Waals surface area contributed by atoms with E-state index in [0.717, 1.165) is 29.0 Å². The van der Waals surface area contributed by atoms with Crippen molar-refractivity contribution in [3.63, 3.8) is 0 Å². The Labute approximate surface area is 185 Å². The lowest BCUT2D eigenvalue weighted by Gasteiger charge is -2.33. The first kappa shape index (κ1) is 21.6. The quantitative estimate of drug-likeness (QED) is 0.502. The van der Waals surface area contributed by atoms with Gasteiger partial charge < -0.3 is 4.74 Å². The van der Waals surface area contributed by atoms with Gasteiger partial charge in [-0.3, -0.25) is 10.4 Å². The summed E-state index contributed by atoms with van der Waals surface area (Å²) in [5, 5.41) is 1.26. The number of hydrogen-bond acceptors (Lipinski definition) is 3. The van der Waals surface area contributed by atoms with Gasteiger partial charge >= 0.3 is 0 Å². The number of rotatable bonds is 6.